The van der Waals surface area contributed by atoms with Crippen LogP contribution in [0, 0.1) is 12.7 Å². The Morgan fingerprint density at radius 1 is 1.19 bits per heavy atom. The first kappa shape index (κ1) is 21.7. The molecule has 0 spiro atoms. The number of aryl methyl sites for hydroxylation is 1. The number of hydrogen-bond acceptors (Lipinski definition) is 4. The zero-order valence-corrected chi connectivity index (χ0v) is 17.0. The number of rotatable bonds is 4. The quantitative estimate of drug-likeness (QED) is 0.630. The van der Waals surface area contributed by atoms with Gasteiger partial charge in [-0.25, -0.2) is 9.37 Å². The maximum Gasteiger partial charge on any atom is 0.227 e. The van der Waals surface area contributed by atoms with Gasteiger partial charge in [0.15, 0.2) is 5.43 Å². The van der Waals surface area contributed by atoms with Crippen LogP contribution in [0.1, 0.15) is 5.69 Å². The zero-order valence-electron chi connectivity index (χ0n) is 13.9. The Morgan fingerprint density at radius 3 is 2.41 bits per heavy atom. The van der Waals surface area contributed by atoms with E-state index in [0.29, 0.717) is 16.9 Å². The minimum absolute atomic E-state index is 0. The average molecular weight is 453 g/mol. The number of nitrogens with zero attached hydrogens (tertiary/aromatic N) is 2. The molecule has 10 heteroatoms. The van der Waals surface area contributed by atoms with Crippen LogP contribution in [0.4, 0.5) is 4.39 Å². The zero-order chi connectivity index (χ0) is 19.0. The molecular weight excluding hydrogens is 439 g/mol. The highest BCUT2D eigenvalue weighted by Crippen LogP contribution is 2.36. The molecule has 0 saturated carbocycles. The Hall–Kier alpha value is -1.57. The molecule has 0 amide bonds. The predicted molar refractivity (Wildman–Crippen MR) is 109 cm³/mol. The van der Waals surface area contributed by atoms with E-state index in [-0.39, 0.29) is 57.3 Å². The third-order valence-electron chi connectivity index (χ3n) is 3.70. The molecule has 0 atom stereocenters. The summed E-state index contributed by atoms with van der Waals surface area (Å²) in [5, 5.41) is 0.492. The molecule has 27 heavy (non-hydrogen) atoms. The van der Waals surface area contributed by atoms with Gasteiger partial charge >= 0.3 is 0 Å². The van der Waals surface area contributed by atoms with Crippen LogP contribution in [0.5, 0.6) is 5.88 Å². The summed E-state index contributed by atoms with van der Waals surface area (Å²) in [6.07, 6.45) is 1.36. The molecule has 2 N–H and O–H groups in total. The lowest BCUT2D eigenvalue weighted by molar-refractivity contribution is 0.319. The summed E-state index contributed by atoms with van der Waals surface area (Å²) < 4.78 is 20.7. The first-order valence-corrected chi connectivity index (χ1v) is 8.67. The smallest absolute Gasteiger partial charge is 0.227 e. The molecule has 0 bridgehead atoms. The van der Waals surface area contributed by atoms with Crippen molar-refractivity contribution < 1.29 is 9.13 Å². The van der Waals surface area contributed by atoms with Crippen molar-refractivity contribution in [3.63, 3.8) is 0 Å². The Labute approximate surface area is 175 Å². The van der Waals surface area contributed by atoms with Crippen LogP contribution in [0.3, 0.4) is 0 Å². The summed E-state index contributed by atoms with van der Waals surface area (Å²) in [4.78, 5) is 16.7. The normalized spacial score (nSPS) is 10.7. The molecule has 0 aliphatic carbocycles. The van der Waals surface area contributed by atoms with Crippen molar-refractivity contribution in [2.45, 2.75) is 6.92 Å². The minimum atomic E-state index is -0.577. The second-order valence-electron chi connectivity index (χ2n) is 5.48. The van der Waals surface area contributed by atoms with Crippen molar-refractivity contribution in [3.05, 3.63) is 61.2 Å². The third kappa shape index (κ3) is 4.00. The van der Waals surface area contributed by atoms with Crippen LogP contribution in [0.15, 0.2) is 29.2 Å². The molecule has 0 aliphatic rings. The number of ether oxygens (including phenoxy) is 1. The van der Waals surface area contributed by atoms with Gasteiger partial charge in [-0.15, -0.1) is 12.4 Å². The van der Waals surface area contributed by atoms with E-state index in [2.05, 4.69) is 4.98 Å². The van der Waals surface area contributed by atoms with Crippen molar-refractivity contribution in [1.29, 1.82) is 0 Å². The van der Waals surface area contributed by atoms with E-state index in [1.165, 1.54) is 12.3 Å². The van der Waals surface area contributed by atoms with Crippen LogP contribution >= 0.6 is 47.2 Å². The predicted octanol–water partition coefficient (Wildman–Crippen LogP) is 4.55. The van der Waals surface area contributed by atoms with E-state index in [4.69, 9.17) is 45.3 Å². The standard InChI is InChI=1S/C17H13Cl3FN3O2.ClH/c1-8-4-13(25)14-16(12(20)7-23-17(14)26-3-2-22)24(8)15-10(18)5-9(21)6-11(15)19;/h4-7H,2-3,22H2,1H3;1H. The topological polar surface area (TPSA) is 70.1 Å². The second kappa shape index (κ2) is 8.63. The second-order valence-corrected chi connectivity index (χ2v) is 6.70. The molecule has 1 aromatic carbocycles. The summed E-state index contributed by atoms with van der Waals surface area (Å²) >= 11 is 18.8. The fourth-order valence-electron chi connectivity index (χ4n) is 2.71. The van der Waals surface area contributed by atoms with Gasteiger partial charge < -0.3 is 15.0 Å². The van der Waals surface area contributed by atoms with Gasteiger partial charge in [-0.2, -0.15) is 0 Å². The van der Waals surface area contributed by atoms with Gasteiger partial charge in [-0.3, -0.25) is 4.79 Å². The van der Waals surface area contributed by atoms with Crippen molar-refractivity contribution in [3.8, 4) is 11.6 Å². The molecule has 0 saturated heterocycles. The first-order valence-electron chi connectivity index (χ1n) is 7.53. The summed E-state index contributed by atoms with van der Waals surface area (Å²) in [5.74, 6) is -0.477. The molecule has 144 valence electrons. The SMILES string of the molecule is Cc1cc(=O)c2c(OCCN)ncc(Cl)c2n1-c1c(Cl)cc(F)cc1Cl.Cl. The van der Waals surface area contributed by atoms with E-state index in [9.17, 15) is 9.18 Å². The van der Waals surface area contributed by atoms with E-state index in [0.717, 1.165) is 12.1 Å². The lowest BCUT2D eigenvalue weighted by atomic mass is 10.2. The Balaban J connectivity index is 0.00000261. The maximum atomic E-state index is 13.6. The fourth-order valence-corrected chi connectivity index (χ4v) is 3.56. The van der Waals surface area contributed by atoms with Gasteiger partial charge in [-0.05, 0) is 19.1 Å². The highest BCUT2D eigenvalue weighted by Gasteiger charge is 2.20. The lowest BCUT2D eigenvalue weighted by Gasteiger charge is -2.19. The molecule has 2 aromatic heterocycles. The Kier molecular flexibility index (Phi) is 6.94. The summed E-state index contributed by atoms with van der Waals surface area (Å²) in [6.45, 7) is 2.12. The van der Waals surface area contributed by atoms with E-state index >= 15 is 0 Å². The molecular formula is C17H14Cl4FN3O2. The molecule has 0 fully saturated rings. The van der Waals surface area contributed by atoms with Gasteiger partial charge in [0.2, 0.25) is 5.88 Å². The maximum absolute atomic E-state index is 13.6. The monoisotopic (exact) mass is 451 g/mol. The molecule has 2 heterocycles. The Morgan fingerprint density at radius 2 is 1.81 bits per heavy atom. The number of fused-ring (bicyclic) bond motifs is 1. The molecule has 3 aromatic rings. The van der Waals surface area contributed by atoms with Gasteiger partial charge in [0.25, 0.3) is 0 Å². The number of aromatic nitrogens is 2. The van der Waals surface area contributed by atoms with Crippen molar-refractivity contribution in [2.24, 2.45) is 5.73 Å². The highest BCUT2D eigenvalue weighted by molar-refractivity contribution is 6.38. The lowest BCUT2D eigenvalue weighted by Crippen LogP contribution is -2.16. The van der Waals surface area contributed by atoms with Crippen LogP contribution in [0.2, 0.25) is 15.1 Å². The van der Waals surface area contributed by atoms with Gasteiger partial charge in [-0.1, -0.05) is 34.8 Å². The highest BCUT2D eigenvalue weighted by atomic mass is 35.5. The third-order valence-corrected chi connectivity index (χ3v) is 4.55. The number of hydrogen-bond donors (Lipinski definition) is 1. The van der Waals surface area contributed by atoms with Gasteiger partial charge in [0.1, 0.15) is 17.8 Å². The summed E-state index contributed by atoms with van der Waals surface area (Å²) in [5.41, 5.74) is 6.25. The molecule has 3 rings (SSSR count). The summed E-state index contributed by atoms with van der Waals surface area (Å²) in [7, 11) is 0. The van der Waals surface area contributed by atoms with E-state index < -0.39 is 5.82 Å². The van der Waals surface area contributed by atoms with Crippen LogP contribution in [0.25, 0.3) is 16.6 Å². The van der Waals surface area contributed by atoms with Crippen molar-refractivity contribution in [1.82, 2.24) is 9.55 Å². The number of pyridine rings is 2. The van der Waals surface area contributed by atoms with Crippen LogP contribution in [-0.2, 0) is 0 Å². The van der Waals surface area contributed by atoms with Crippen molar-refractivity contribution in [2.75, 3.05) is 13.2 Å². The van der Waals surface area contributed by atoms with Gasteiger partial charge in [0.05, 0.1) is 32.5 Å². The van der Waals surface area contributed by atoms with Crippen LogP contribution < -0.4 is 15.9 Å². The first-order chi connectivity index (χ1) is 12.3. The number of nitrogens with two attached hydrogens (primary N) is 1. The molecule has 5 nitrogen and oxygen atoms in total. The van der Waals surface area contributed by atoms with Crippen molar-refractivity contribution >= 4 is 58.1 Å². The number of benzene rings is 1. The molecule has 0 radical (unpaired) electrons. The Bertz CT molecular complexity index is 1050. The molecule has 0 aliphatic heterocycles. The number of halogens is 5. The fraction of sp³-hybridized carbons (Fsp3) is 0.176. The summed E-state index contributed by atoms with van der Waals surface area (Å²) in [6, 6.07) is 3.64. The minimum Gasteiger partial charge on any atom is -0.476 e. The molecule has 0 unspecified atom stereocenters. The van der Waals surface area contributed by atoms with E-state index in [1.54, 1.807) is 11.5 Å². The van der Waals surface area contributed by atoms with E-state index in [1.807, 2.05) is 0 Å². The largest absolute Gasteiger partial charge is 0.476 e. The average Bonchev–Trinajstić information content (AvgIpc) is 2.56. The van der Waals surface area contributed by atoms with Gasteiger partial charge in [0, 0.05) is 18.3 Å². The van der Waals surface area contributed by atoms with Crippen LogP contribution in [-0.4, -0.2) is 22.7 Å².